The third-order valence-corrected chi connectivity index (χ3v) is 8.09. The Bertz CT molecular complexity index is 1760. The smallest absolute Gasteiger partial charge is 0.363 e. The van der Waals surface area contributed by atoms with E-state index in [4.69, 9.17) is 8.83 Å². The topological polar surface area (TPSA) is 105 Å². The van der Waals surface area contributed by atoms with Gasteiger partial charge in [-0.15, -0.1) is 0 Å². The number of anilines is 2. The fourth-order valence-corrected chi connectivity index (χ4v) is 5.40. The van der Waals surface area contributed by atoms with Crippen molar-refractivity contribution in [3.8, 4) is 0 Å². The largest absolute Gasteiger partial charge is 0.731 e. The predicted octanol–water partition coefficient (Wildman–Crippen LogP) is 7.59. The molecule has 2 aromatic heterocycles. The monoisotopic (exact) mass is 592 g/mol. The molecule has 224 valence electrons. The molecule has 2 heterocycles. The quantitative estimate of drug-likeness (QED) is 0.118. The van der Waals surface area contributed by atoms with Crippen molar-refractivity contribution in [3.63, 3.8) is 0 Å². The number of fused-ring (bicyclic) bond motifs is 2. The zero-order valence-corrected chi connectivity index (χ0v) is 26.1. The van der Waals surface area contributed by atoms with E-state index in [1.165, 1.54) is 31.4 Å². The number of rotatable bonds is 8. The lowest BCUT2D eigenvalue weighted by atomic mass is 9.84. The highest BCUT2D eigenvalue weighted by Crippen LogP contribution is 2.34. The van der Waals surface area contributed by atoms with E-state index in [-0.39, 0.29) is 23.2 Å². The van der Waals surface area contributed by atoms with Crippen LogP contribution in [0.5, 0.6) is 0 Å². The molecule has 0 radical (unpaired) electrons. The van der Waals surface area contributed by atoms with E-state index in [1.807, 2.05) is 6.07 Å². The normalized spacial score (nSPS) is 13.3. The summed E-state index contributed by atoms with van der Waals surface area (Å²) in [6, 6.07) is 14.4. The molecule has 2 aromatic carbocycles. The first-order valence-corrected chi connectivity index (χ1v) is 15.9. The summed E-state index contributed by atoms with van der Waals surface area (Å²) in [7, 11) is -4.70. The van der Waals surface area contributed by atoms with E-state index >= 15 is 0 Å². The summed E-state index contributed by atoms with van der Waals surface area (Å²) < 4.78 is 47.1. The summed E-state index contributed by atoms with van der Waals surface area (Å²) in [4.78, 5) is 15.0. The molecule has 8 nitrogen and oxygen atoms in total. The average molecular weight is 593 g/mol. The second-order valence-corrected chi connectivity index (χ2v) is 12.7. The summed E-state index contributed by atoms with van der Waals surface area (Å²) in [6.45, 7) is 14.0. The summed E-state index contributed by atoms with van der Waals surface area (Å²) in [5, 5.41) is 1.63. The molecule has 1 aliphatic carbocycles. The van der Waals surface area contributed by atoms with Gasteiger partial charge in [-0.3, -0.25) is 4.31 Å². The van der Waals surface area contributed by atoms with Crippen molar-refractivity contribution in [2.75, 3.05) is 28.8 Å². The second-order valence-electron chi connectivity index (χ2n) is 11.4. The fourth-order valence-electron chi connectivity index (χ4n) is 4.71. The van der Waals surface area contributed by atoms with E-state index in [1.54, 1.807) is 31.2 Å². The van der Waals surface area contributed by atoms with Crippen LogP contribution < -0.4 is 14.8 Å². The lowest BCUT2D eigenvalue weighted by Crippen LogP contribution is -2.30. The van der Waals surface area contributed by atoms with Crippen molar-refractivity contribution >= 4 is 55.8 Å². The van der Waals surface area contributed by atoms with E-state index in [0.717, 1.165) is 35.3 Å². The van der Waals surface area contributed by atoms with Gasteiger partial charge >= 0.3 is 17.0 Å². The van der Waals surface area contributed by atoms with Crippen LogP contribution in [0.1, 0.15) is 77.7 Å². The molecule has 1 aliphatic rings. The highest BCUT2D eigenvalue weighted by Gasteiger charge is 2.25. The number of nitrogens with zero attached hydrogens (tertiary/aromatic N) is 2. The number of benzene rings is 2. The van der Waals surface area contributed by atoms with Crippen LogP contribution in [0.2, 0.25) is 0 Å². The third-order valence-electron chi connectivity index (χ3n) is 7.08. The molecule has 9 heteroatoms. The van der Waals surface area contributed by atoms with Crippen LogP contribution >= 0.6 is 0 Å². The molecule has 0 amide bonds. The molecule has 0 N–H and O–H groups in total. The lowest BCUT2D eigenvalue weighted by molar-refractivity contribution is 0.459. The van der Waals surface area contributed by atoms with Gasteiger partial charge in [-0.1, -0.05) is 40.0 Å². The van der Waals surface area contributed by atoms with Gasteiger partial charge in [-0.25, -0.2) is 17.6 Å². The van der Waals surface area contributed by atoms with Gasteiger partial charge in [0, 0.05) is 48.9 Å². The molecule has 5 rings (SSSR count). The predicted molar refractivity (Wildman–Crippen MR) is 171 cm³/mol. The van der Waals surface area contributed by atoms with Crippen molar-refractivity contribution in [2.24, 2.45) is 0 Å². The maximum atomic E-state index is 12.8. The molecular weight excluding hydrogens is 552 g/mol. The van der Waals surface area contributed by atoms with Crippen LogP contribution in [0.25, 0.3) is 34.1 Å². The Labute approximate surface area is 248 Å². The number of hydrogen-bond donors (Lipinski definition) is 0. The first kappa shape index (κ1) is 31.3. The molecule has 1 saturated carbocycles. The summed E-state index contributed by atoms with van der Waals surface area (Å²) in [5.74, 6) is 0.596. The van der Waals surface area contributed by atoms with Crippen molar-refractivity contribution in [3.05, 3.63) is 75.8 Å². The van der Waals surface area contributed by atoms with Gasteiger partial charge in [0.25, 0.3) is 0 Å². The van der Waals surface area contributed by atoms with Gasteiger partial charge in [0.2, 0.25) is 0 Å². The first-order valence-electron chi connectivity index (χ1n) is 14.5. The van der Waals surface area contributed by atoms with E-state index in [9.17, 15) is 17.8 Å². The fraction of sp³-hybridized carbons (Fsp3) is 0.394. The Morgan fingerprint density at radius 3 is 2.14 bits per heavy atom. The molecular formula is C33H40N2O6S. The SMILES string of the molecule is C1CC1.CCN(CC)c1ccc2c(C(C)(C)C)cc(C=Cc3cc4ccc(N(CC)S(=O)(=O)[O-])cc4oc3=O)[o+]c2c1. The maximum absolute atomic E-state index is 12.8. The first-order chi connectivity index (χ1) is 19.8. The van der Waals surface area contributed by atoms with Crippen LogP contribution in [0, 0.1) is 0 Å². The van der Waals surface area contributed by atoms with Crippen molar-refractivity contribution < 1.29 is 21.8 Å². The number of hydrogen-bond acceptors (Lipinski definition) is 6. The molecule has 0 atom stereocenters. The Morgan fingerprint density at radius 1 is 0.905 bits per heavy atom. The standard InChI is InChI=1S/C30H34N2O6S.C3H6/c1-7-31(8-2)22-13-15-25-26(30(4,5)6)19-24(37-28(25)17-22)14-11-21-16-20-10-12-23(18-27(20)38-29(21)33)32(9-3)39(34,35)36;1-2-3-1/h10-19H,7-9H2,1-6H3;1-3H2. The van der Waals surface area contributed by atoms with Gasteiger partial charge in [0.1, 0.15) is 5.58 Å². The highest BCUT2D eigenvalue weighted by atomic mass is 32.2. The Balaban J connectivity index is 0.00000127. The summed E-state index contributed by atoms with van der Waals surface area (Å²) in [5.41, 5.74) is 2.87. The van der Waals surface area contributed by atoms with Crippen molar-refractivity contribution in [1.82, 2.24) is 0 Å². The zero-order chi connectivity index (χ0) is 30.7. The third kappa shape index (κ3) is 7.38. The zero-order valence-electron chi connectivity index (χ0n) is 25.3. The highest BCUT2D eigenvalue weighted by molar-refractivity contribution is 7.87. The van der Waals surface area contributed by atoms with Crippen LogP contribution in [0.4, 0.5) is 11.4 Å². The van der Waals surface area contributed by atoms with Gasteiger partial charge in [0.05, 0.1) is 22.7 Å². The summed E-state index contributed by atoms with van der Waals surface area (Å²) >= 11 is 0. The molecule has 0 bridgehead atoms. The Kier molecular flexibility index (Phi) is 9.43. The Hall–Kier alpha value is -3.69. The second kappa shape index (κ2) is 12.7. The summed E-state index contributed by atoms with van der Waals surface area (Å²) in [6.07, 6.45) is 7.89. The minimum atomic E-state index is -4.70. The van der Waals surface area contributed by atoms with Gasteiger partial charge in [0.15, 0.2) is 10.3 Å². The van der Waals surface area contributed by atoms with Crippen molar-refractivity contribution in [1.29, 1.82) is 0 Å². The molecule has 1 fully saturated rings. The minimum absolute atomic E-state index is 0.0371. The van der Waals surface area contributed by atoms with Gasteiger partial charge < -0.3 is 13.9 Å². The van der Waals surface area contributed by atoms with Gasteiger partial charge in [-0.2, -0.15) is 0 Å². The minimum Gasteiger partial charge on any atom is -0.731 e. The van der Waals surface area contributed by atoms with E-state index in [0.29, 0.717) is 21.0 Å². The molecule has 4 aromatic rings. The molecule has 0 spiro atoms. The average Bonchev–Trinajstić information content (AvgIpc) is 3.81. The lowest BCUT2D eigenvalue weighted by Gasteiger charge is -2.25. The molecule has 0 aliphatic heterocycles. The maximum Gasteiger partial charge on any atom is 0.363 e. The van der Waals surface area contributed by atoms with Crippen LogP contribution in [-0.4, -0.2) is 32.6 Å². The van der Waals surface area contributed by atoms with Crippen LogP contribution in [-0.2, 0) is 15.7 Å². The van der Waals surface area contributed by atoms with Crippen LogP contribution in [0.15, 0.2) is 62.2 Å². The molecule has 42 heavy (non-hydrogen) atoms. The molecule has 0 saturated heterocycles. The van der Waals surface area contributed by atoms with Gasteiger partial charge in [-0.05, 0) is 68.2 Å². The Morgan fingerprint density at radius 2 is 1.57 bits per heavy atom. The molecule has 0 unspecified atom stereocenters. The van der Waals surface area contributed by atoms with Crippen molar-refractivity contribution in [2.45, 2.75) is 66.2 Å². The van der Waals surface area contributed by atoms with E-state index < -0.39 is 15.9 Å². The van der Waals surface area contributed by atoms with E-state index in [2.05, 4.69) is 57.7 Å². The van der Waals surface area contributed by atoms with Crippen LogP contribution in [0.3, 0.4) is 0 Å².